The molecule has 7 nitrogen and oxygen atoms in total. The van der Waals surface area contributed by atoms with Gasteiger partial charge in [0.2, 0.25) is 0 Å². The van der Waals surface area contributed by atoms with E-state index in [-0.39, 0.29) is 12.8 Å². The molecule has 0 aromatic heterocycles. The standard InChI is InChI=1S/C9H15O7P/c1-15-17(14,16-2)5-3-6(8(10)11)7(4-5)9(12)13/h5-7H,3-4H2,1-2H3,(H,10,11)(H,12,13). The highest BCUT2D eigenvalue weighted by molar-refractivity contribution is 7.54. The summed E-state index contributed by atoms with van der Waals surface area (Å²) in [6, 6.07) is 0. The molecule has 1 saturated carbocycles. The van der Waals surface area contributed by atoms with Gasteiger partial charge in [0.1, 0.15) is 0 Å². The summed E-state index contributed by atoms with van der Waals surface area (Å²) < 4.78 is 21.6. The van der Waals surface area contributed by atoms with Gasteiger partial charge in [0, 0.05) is 14.2 Å². The van der Waals surface area contributed by atoms with Crippen LogP contribution < -0.4 is 0 Å². The van der Waals surface area contributed by atoms with Crippen LogP contribution in [0.25, 0.3) is 0 Å². The van der Waals surface area contributed by atoms with Crippen molar-refractivity contribution in [3.05, 3.63) is 0 Å². The number of aliphatic carboxylic acids is 2. The fraction of sp³-hybridized carbons (Fsp3) is 0.778. The zero-order chi connectivity index (χ0) is 13.2. The molecule has 0 heterocycles. The van der Waals surface area contributed by atoms with Crippen molar-refractivity contribution in [1.29, 1.82) is 0 Å². The third-order valence-corrected chi connectivity index (χ3v) is 5.46. The predicted molar refractivity (Wildman–Crippen MR) is 56.9 cm³/mol. The minimum atomic E-state index is -3.41. The van der Waals surface area contributed by atoms with Crippen molar-refractivity contribution < 1.29 is 33.4 Å². The maximum atomic E-state index is 12.1. The van der Waals surface area contributed by atoms with Crippen molar-refractivity contribution in [2.24, 2.45) is 11.8 Å². The van der Waals surface area contributed by atoms with Crippen LogP contribution in [0, 0.1) is 11.8 Å². The molecule has 0 aromatic carbocycles. The quantitative estimate of drug-likeness (QED) is 0.715. The van der Waals surface area contributed by atoms with E-state index in [9.17, 15) is 14.2 Å². The molecule has 0 spiro atoms. The molecular formula is C9H15O7P. The lowest BCUT2D eigenvalue weighted by Gasteiger charge is -2.19. The molecule has 1 aliphatic rings. The van der Waals surface area contributed by atoms with E-state index < -0.39 is 37.0 Å². The van der Waals surface area contributed by atoms with Gasteiger partial charge in [0.15, 0.2) is 0 Å². The molecule has 0 bridgehead atoms. The molecule has 8 heteroatoms. The van der Waals surface area contributed by atoms with Crippen molar-refractivity contribution >= 4 is 19.5 Å². The van der Waals surface area contributed by atoms with Crippen molar-refractivity contribution in [2.45, 2.75) is 18.5 Å². The Labute approximate surface area is 98.3 Å². The smallest absolute Gasteiger partial charge is 0.333 e. The molecule has 2 N–H and O–H groups in total. The average molecular weight is 266 g/mol. The van der Waals surface area contributed by atoms with E-state index >= 15 is 0 Å². The first-order valence-electron chi connectivity index (χ1n) is 5.02. The Morgan fingerprint density at radius 2 is 1.41 bits per heavy atom. The van der Waals surface area contributed by atoms with Gasteiger partial charge in [-0.15, -0.1) is 0 Å². The molecule has 0 saturated heterocycles. The highest BCUT2D eigenvalue weighted by Gasteiger charge is 2.50. The van der Waals surface area contributed by atoms with Gasteiger partial charge in [-0.25, -0.2) is 0 Å². The number of rotatable bonds is 5. The van der Waals surface area contributed by atoms with Crippen LogP contribution in [0.3, 0.4) is 0 Å². The summed E-state index contributed by atoms with van der Waals surface area (Å²) in [6.45, 7) is 0. The van der Waals surface area contributed by atoms with Gasteiger partial charge < -0.3 is 19.3 Å². The van der Waals surface area contributed by atoms with E-state index in [2.05, 4.69) is 0 Å². The summed E-state index contributed by atoms with van der Waals surface area (Å²) in [5.41, 5.74) is -0.681. The van der Waals surface area contributed by atoms with Crippen LogP contribution >= 0.6 is 7.60 Å². The summed E-state index contributed by atoms with van der Waals surface area (Å²) >= 11 is 0. The van der Waals surface area contributed by atoms with Crippen LogP contribution in [0.1, 0.15) is 12.8 Å². The van der Waals surface area contributed by atoms with E-state index in [0.29, 0.717) is 0 Å². The normalized spacial score (nSPS) is 29.2. The SMILES string of the molecule is COP(=O)(OC)C1CC(C(=O)O)C(C(=O)O)C1. The van der Waals surface area contributed by atoms with Crippen LogP contribution in [0.4, 0.5) is 0 Å². The zero-order valence-electron chi connectivity index (χ0n) is 9.53. The second kappa shape index (κ2) is 5.16. The highest BCUT2D eigenvalue weighted by atomic mass is 31.2. The third kappa shape index (κ3) is 2.68. The van der Waals surface area contributed by atoms with Crippen LogP contribution in [-0.2, 0) is 23.2 Å². The topological polar surface area (TPSA) is 110 Å². The monoisotopic (exact) mass is 266 g/mol. The van der Waals surface area contributed by atoms with Gasteiger partial charge >= 0.3 is 19.5 Å². The van der Waals surface area contributed by atoms with Gasteiger partial charge in [-0.1, -0.05) is 0 Å². The van der Waals surface area contributed by atoms with Gasteiger partial charge in [0.25, 0.3) is 0 Å². The summed E-state index contributed by atoms with van der Waals surface area (Å²) in [5.74, 6) is -4.48. The summed E-state index contributed by atoms with van der Waals surface area (Å²) in [4.78, 5) is 21.9. The predicted octanol–water partition coefficient (Wildman–Crippen LogP) is 1.04. The molecule has 0 aliphatic heterocycles. The molecule has 17 heavy (non-hydrogen) atoms. The number of carbonyl (C=O) groups is 2. The molecule has 0 aromatic rings. The summed E-state index contributed by atoms with van der Waals surface area (Å²) in [5, 5.41) is 17.9. The number of carboxylic acids is 2. The molecule has 2 atom stereocenters. The van der Waals surface area contributed by atoms with E-state index in [0.717, 1.165) is 0 Å². The van der Waals surface area contributed by atoms with Gasteiger partial charge in [-0.05, 0) is 12.8 Å². The number of carboxylic acid groups (broad SMARTS) is 2. The van der Waals surface area contributed by atoms with E-state index in [4.69, 9.17) is 19.3 Å². The minimum absolute atomic E-state index is 0.00867. The Bertz CT molecular complexity index is 336. The van der Waals surface area contributed by atoms with Crippen molar-refractivity contribution in [3.63, 3.8) is 0 Å². The maximum absolute atomic E-state index is 12.1. The Morgan fingerprint density at radius 3 is 1.65 bits per heavy atom. The van der Waals surface area contributed by atoms with Gasteiger partial charge in [0.05, 0.1) is 17.5 Å². The van der Waals surface area contributed by atoms with Crippen molar-refractivity contribution in [2.75, 3.05) is 14.2 Å². The highest BCUT2D eigenvalue weighted by Crippen LogP contribution is 2.59. The minimum Gasteiger partial charge on any atom is -0.481 e. The molecular weight excluding hydrogens is 251 g/mol. The largest absolute Gasteiger partial charge is 0.481 e. The molecule has 2 unspecified atom stereocenters. The zero-order valence-corrected chi connectivity index (χ0v) is 10.4. The van der Waals surface area contributed by atoms with Crippen LogP contribution in [0.15, 0.2) is 0 Å². The van der Waals surface area contributed by atoms with Gasteiger partial charge in [-0.3, -0.25) is 14.2 Å². The average Bonchev–Trinajstić information content (AvgIpc) is 2.73. The first-order chi connectivity index (χ1) is 7.85. The fourth-order valence-electron chi connectivity index (χ4n) is 2.19. The second-order valence-corrected chi connectivity index (χ2v) is 6.46. The van der Waals surface area contributed by atoms with Gasteiger partial charge in [-0.2, -0.15) is 0 Å². The van der Waals surface area contributed by atoms with E-state index in [1.165, 1.54) is 14.2 Å². The molecule has 1 aliphatic carbocycles. The molecule has 0 radical (unpaired) electrons. The molecule has 1 fully saturated rings. The molecule has 1 rings (SSSR count). The maximum Gasteiger partial charge on any atom is 0.333 e. The van der Waals surface area contributed by atoms with E-state index in [1.807, 2.05) is 0 Å². The second-order valence-electron chi connectivity index (χ2n) is 3.92. The molecule has 0 amide bonds. The first kappa shape index (κ1) is 14.2. The van der Waals surface area contributed by atoms with Crippen molar-refractivity contribution in [3.8, 4) is 0 Å². The van der Waals surface area contributed by atoms with Crippen LogP contribution in [-0.4, -0.2) is 42.0 Å². The Balaban J connectivity index is 2.93. The lowest BCUT2D eigenvalue weighted by Crippen LogP contribution is -2.24. The lowest BCUT2D eigenvalue weighted by atomic mass is 9.97. The Hall–Kier alpha value is -0.910. The lowest BCUT2D eigenvalue weighted by molar-refractivity contribution is -0.152. The third-order valence-electron chi connectivity index (χ3n) is 3.13. The summed E-state index contributed by atoms with van der Waals surface area (Å²) in [7, 11) is -1.00. The fourth-order valence-corrected chi connectivity index (χ4v) is 3.90. The van der Waals surface area contributed by atoms with Crippen LogP contribution in [0.5, 0.6) is 0 Å². The number of hydrogen-bond acceptors (Lipinski definition) is 5. The Morgan fingerprint density at radius 1 is 1.06 bits per heavy atom. The van der Waals surface area contributed by atoms with Crippen LogP contribution in [0.2, 0.25) is 0 Å². The Kier molecular flexibility index (Phi) is 4.30. The molecule has 98 valence electrons. The van der Waals surface area contributed by atoms with E-state index in [1.54, 1.807) is 0 Å². The first-order valence-corrected chi connectivity index (χ1v) is 6.63. The number of hydrogen-bond donors (Lipinski definition) is 2. The summed E-state index contributed by atoms with van der Waals surface area (Å²) in [6.07, 6.45) is -0.0173. The van der Waals surface area contributed by atoms with Crippen molar-refractivity contribution in [1.82, 2.24) is 0 Å².